The molecule has 8 heteroatoms. The molecule has 1 saturated heterocycles. The molecule has 2 rings (SSSR count). The van der Waals surface area contributed by atoms with Crippen LogP contribution in [0.3, 0.4) is 0 Å². The van der Waals surface area contributed by atoms with E-state index in [1.807, 2.05) is 0 Å². The van der Waals surface area contributed by atoms with Crippen molar-refractivity contribution in [1.82, 2.24) is 9.03 Å². The van der Waals surface area contributed by atoms with Crippen molar-refractivity contribution in [2.24, 2.45) is 5.41 Å². The summed E-state index contributed by atoms with van der Waals surface area (Å²) in [5, 5.41) is 8.89. The number of carboxylic acids is 1. The first-order valence-corrected chi connectivity index (χ1v) is 7.92. The van der Waals surface area contributed by atoms with Gasteiger partial charge in [-0.3, -0.25) is 4.79 Å². The maximum absolute atomic E-state index is 12.1. The second-order valence-corrected chi connectivity index (χ2v) is 7.02. The van der Waals surface area contributed by atoms with E-state index in [9.17, 15) is 13.2 Å². The Morgan fingerprint density at radius 2 is 1.95 bits per heavy atom. The number of nitrogens with one attached hydrogen (secondary N) is 1. The van der Waals surface area contributed by atoms with Crippen LogP contribution in [-0.4, -0.2) is 56.6 Å². The van der Waals surface area contributed by atoms with Crippen LogP contribution >= 0.6 is 0 Å². The standard InChI is InChI=1S/C11H20N2O5S/c14-10(15)8-11(2-1-3-11)9-12-19(16,17)13-4-6-18-7-5-13/h12H,1-9H2,(H,14,15). The maximum Gasteiger partial charge on any atom is 0.303 e. The molecule has 1 aliphatic carbocycles. The Kier molecular flexibility index (Phi) is 4.44. The van der Waals surface area contributed by atoms with E-state index < -0.39 is 21.6 Å². The number of aliphatic carboxylic acids is 1. The Morgan fingerprint density at radius 1 is 1.32 bits per heavy atom. The number of hydrogen-bond donors (Lipinski definition) is 2. The fourth-order valence-corrected chi connectivity index (χ4v) is 3.84. The van der Waals surface area contributed by atoms with E-state index in [1.165, 1.54) is 4.31 Å². The Labute approximate surface area is 113 Å². The third-order valence-electron chi connectivity index (χ3n) is 3.88. The smallest absolute Gasteiger partial charge is 0.303 e. The van der Waals surface area contributed by atoms with E-state index in [0.717, 1.165) is 19.3 Å². The number of hydrogen-bond acceptors (Lipinski definition) is 4. The molecule has 0 radical (unpaired) electrons. The minimum atomic E-state index is -3.52. The third-order valence-corrected chi connectivity index (χ3v) is 5.43. The predicted molar refractivity (Wildman–Crippen MR) is 67.9 cm³/mol. The minimum Gasteiger partial charge on any atom is -0.481 e. The quantitative estimate of drug-likeness (QED) is 0.706. The molecule has 0 bridgehead atoms. The van der Waals surface area contributed by atoms with Crippen LogP contribution in [0, 0.1) is 5.41 Å². The third kappa shape index (κ3) is 3.65. The predicted octanol–water partition coefficient (Wildman–Crippen LogP) is -0.202. The van der Waals surface area contributed by atoms with Gasteiger partial charge in [-0.1, -0.05) is 6.42 Å². The molecule has 0 aromatic rings. The van der Waals surface area contributed by atoms with Gasteiger partial charge in [0.15, 0.2) is 0 Å². The normalized spacial score (nSPS) is 23.8. The first kappa shape index (κ1) is 14.7. The van der Waals surface area contributed by atoms with E-state index in [1.54, 1.807) is 0 Å². The van der Waals surface area contributed by atoms with Crippen molar-refractivity contribution in [3.8, 4) is 0 Å². The van der Waals surface area contributed by atoms with E-state index in [0.29, 0.717) is 26.3 Å². The van der Waals surface area contributed by atoms with E-state index in [4.69, 9.17) is 9.84 Å². The van der Waals surface area contributed by atoms with E-state index >= 15 is 0 Å². The lowest BCUT2D eigenvalue weighted by molar-refractivity contribution is -0.141. The summed E-state index contributed by atoms with van der Waals surface area (Å²) >= 11 is 0. The fourth-order valence-electron chi connectivity index (χ4n) is 2.54. The molecule has 0 aromatic heterocycles. The highest BCUT2D eigenvalue weighted by Crippen LogP contribution is 2.43. The van der Waals surface area contributed by atoms with Crippen molar-refractivity contribution in [2.45, 2.75) is 25.7 Å². The second kappa shape index (κ2) is 5.74. The summed E-state index contributed by atoms with van der Waals surface area (Å²) in [6.45, 7) is 1.71. The van der Waals surface area contributed by atoms with E-state index in [-0.39, 0.29) is 13.0 Å². The van der Waals surface area contributed by atoms with Crippen LogP contribution in [-0.2, 0) is 19.7 Å². The van der Waals surface area contributed by atoms with Crippen molar-refractivity contribution in [2.75, 3.05) is 32.8 Å². The van der Waals surface area contributed by atoms with Crippen LogP contribution in [0.25, 0.3) is 0 Å². The topological polar surface area (TPSA) is 95.9 Å². The van der Waals surface area contributed by atoms with Crippen molar-refractivity contribution in [3.05, 3.63) is 0 Å². The summed E-state index contributed by atoms with van der Waals surface area (Å²) in [4.78, 5) is 10.8. The molecule has 0 aromatic carbocycles. The maximum atomic E-state index is 12.1. The molecule has 0 amide bonds. The summed E-state index contributed by atoms with van der Waals surface area (Å²) in [6, 6.07) is 0. The minimum absolute atomic E-state index is 0.0264. The van der Waals surface area contributed by atoms with Crippen LogP contribution in [0.4, 0.5) is 0 Å². The second-order valence-electron chi connectivity index (χ2n) is 5.26. The van der Waals surface area contributed by atoms with Crippen LogP contribution in [0.1, 0.15) is 25.7 Å². The number of rotatable bonds is 6. The Morgan fingerprint density at radius 3 is 2.42 bits per heavy atom. The molecule has 1 aliphatic heterocycles. The van der Waals surface area contributed by atoms with Crippen LogP contribution < -0.4 is 4.72 Å². The van der Waals surface area contributed by atoms with Crippen molar-refractivity contribution < 1.29 is 23.1 Å². The van der Waals surface area contributed by atoms with Gasteiger partial charge in [-0.25, -0.2) is 4.72 Å². The van der Waals surface area contributed by atoms with Crippen molar-refractivity contribution in [3.63, 3.8) is 0 Å². The number of carboxylic acid groups (broad SMARTS) is 1. The van der Waals surface area contributed by atoms with Gasteiger partial charge >= 0.3 is 5.97 Å². The van der Waals surface area contributed by atoms with Crippen molar-refractivity contribution in [1.29, 1.82) is 0 Å². The number of ether oxygens (including phenoxy) is 1. The summed E-state index contributed by atoms with van der Waals surface area (Å²) < 4.78 is 33.2. The number of nitrogens with zero attached hydrogens (tertiary/aromatic N) is 1. The molecule has 0 atom stereocenters. The number of carbonyl (C=O) groups is 1. The molecule has 19 heavy (non-hydrogen) atoms. The van der Waals surface area contributed by atoms with Gasteiger partial charge in [0.2, 0.25) is 0 Å². The van der Waals surface area contributed by atoms with Gasteiger partial charge in [0, 0.05) is 19.6 Å². The molecule has 110 valence electrons. The lowest BCUT2D eigenvalue weighted by Gasteiger charge is -2.41. The zero-order chi connectivity index (χ0) is 13.9. The summed E-state index contributed by atoms with van der Waals surface area (Å²) in [6.07, 6.45) is 2.53. The molecule has 2 N–H and O–H groups in total. The van der Waals surface area contributed by atoms with Gasteiger partial charge < -0.3 is 9.84 Å². The Bertz CT molecular complexity index is 426. The molecule has 1 heterocycles. The molecule has 0 spiro atoms. The van der Waals surface area contributed by atoms with Crippen LogP contribution in [0.2, 0.25) is 0 Å². The molecule has 2 fully saturated rings. The zero-order valence-electron chi connectivity index (χ0n) is 10.8. The van der Waals surface area contributed by atoms with Crippen LogP contribution in [0.5, 0.6) is 0 Å². The molecule has 0 unspecified atom stereocenters. The SMILES string of the molecule is O=C(O)CC1(CNS(=O)(=O)N2CCOCC2)CCC1. The first-order valence-electron chi connectivity index (χ1n) is 6.48. The van der Waals surface area contributed by atoms with Crippen LogP contribution in [0.15, 0.2) is 0 Å². The monoisotopic (exact) mass is 292 g/mol. The largest absolute Gasteiger partial charge is 0.481 e. The van der Waals surface area contributed by atoms with Gasteiger partial charge in [0.1, 0.15) is 0 Å². The molecule has 7 nitrogen and oxygen atoms in total. The average molecular weight is 292 g/mol. The highest BCUT2D eigenvalue weighted by molar-refractivity contribution is 7.87. The van der Waals surface area contributed by atoms with Crippen molar-refractivity contribution >= 4 is 16.2 Å². The molecule has 2 aliphatic rings. The summed E-state index contributed by atoms with van der Waals surface area (Å²) in [5.74, 6) is -0.870. The molecular weight excluding hydrogens is 272 g/mol. The van der Waals surface area contributed by atoms with Gasteiger partial charge in [-0.15, -0.1) is 0 Å². The molecular formula is C11H20N2O5S. The summed E-state index contributed by atoms with van der Waals surface area (Å²) in [7, 11) is -3.52. The highest BCUT2D eigenvalue weighted by atomic mass is 32.2. The lowest BCUT2D eigenvalue weighted by atomic mass is 9.67. The lowest BCUT2D eigenvalue weighted by Crippen LogP contribution is -2.50. The van der Waals surface area contributed by atoms with Gasteiger partial charge in [-0.2, -0.15) is 12.7 Å². The average Bonchev–Trinajstić information content (AvgIpc) is 2.33. The van der Waals surface area contributed by atoms with Gasteiger partial charge in [-0.05, 0) is 18.3 Å². The van der Waals surface area contributed by atoms with Gasteiger partial charge in [0.25, 0.3) is 10.2 Å². The summed E-state index contributed by atoms with van der Waals surface area (Å²) in [5.41, 5.74) is -0.398. The van der Waals surface area contributed by atoms with Gasteiger partial charge in [0.05, 0.1) is 19.6 Å². The van der Waals surface area contributed by atoms with E-state index in [2.05, 4.69) is 4.72 Å². The Balaban J connectivity index is 1.91. The highest BCUT2D eigenvalue weighted by Gasteiger charge is 2.40. The first-order chi connectivity index (χ1) is 8.94. The number of morpholine rings is 1. The zero-order valence-corrected chi connectivity index (χ0v) is 11.6. The molecule has 1 saturated carbocycles. The Hall–Kier alpha value is -0.700. The fraction of sp³-hybridized carbons (Fsp3) is 0.909.